The molecule has 4 nitrogen and oxygen atoms in total. The molecule has 0 bridgehead atoms. The average Bonchev–Trinajstić information content (AvgIpc) is 2.43. The molecule has 1 amide bonds. The van der Waals surface area contributed by atoms with Crippen molar-refractivity contribution < 1.29 is 9.53 Å². The zero-order chi connectivity index (χ0) is 14.1. The summed E-state index contributed by atoms with van der Waals surface area (Å²) in [6.45, 7) is 3.72. The number of amides is 1. The van der Waals surface area contributed by atoms with Crippen LogP contribution in [0.3, 0.4) is 0 Å². The van der Waals surface area contributed by atoms with Crippen LogP contribution in [0.4, 0.5) is 0 Å². The van der Waals surface area contributed by atoms with Gasteiger partial charge in [0.05, 0.1) is 7.11 Å². The number of nitrogens with one attached hydrogen (secondary N) is 2. The molecule has 0 saturated heterocycles. The molecule has 1 aromatic carbocycles. The summed E-state index contributed by atoms with van der Waals surface area (Å²) in [6, 6.07) is 7.88. The lowest BCUT2D eigenvalue weighted by molar-refractivity contribution is -0.121. The molecule has 106 valence electrons. The molecule has 0 aromatic heterocycles. The molecule has 0 spiro atoms. The Labute approximate surface area is 115 Å². The molecule has 1 aromatic rings. The molecule has 0 aliphatic rings. The molecule has 1 rings (SSSR count). The van der Waals surface area contributed by atoms with E-state index in [9.17, 15) is 4.79 Å². The lowest BCUT2D eigenvalue weighted by Crippen LogP contribution is -2.27. The summed E-state index contributed by atoms with van der Waals surface area (Å²) in [5.74, 6) is 1.17. The Morgan fingerprint density at radius 1 is 1.26 bits per heavy atom. The summed E-state index contributed by atoms with van der Waals surface area (Å²) in [5, 5.41) is 5.99. The second kappa shape index (κ2) is 8.53. The number of benzene rings is 1. The monoisotopic (exact) mass is 264 g/mol. The fourth-order valence-electron chi connectivity index (χ4n) is 1.89. The van der Waals surface area contributed by atoms with Crippen LogP contribution >= 0.6 is 0 Å². The van der Waals surface area contributed by atoms with Crippen LogP contribution in [-0.2, 0) is 4.79 Å². The van der Waals surface area contributed by atoms with Crippen molar-refractivity contribution in [3.05, 3.63) is 29.8 Å². The van der Waals surface area contributed by atoms with Gasteiger partial charge in [-0.15, -0.1) is 0 Å². The van der Waals surface area contributed by atoms with E-state index in [1.165, 1.54) is 0 Å². The van der Waals surface area contributed by atoms with Crippen molar-refractivity contribution in [1.29, 1.82) is 0 Å². The Morgan fingerprint density at radius 3 is 2.53 bits per heavy atom. The molecule has 19 heavy (non-hydrogen) atoms. The predicted octanol–water partition coefficient (Wildman–Crippen LogP) is 1.91. The van der Waals surface area contributed by atoms with Crippen molar-refractivity contribution in [1.82, 2.24) is 10.6 Å². The van der Waals surface area contributed by atoms with Crippen LogP contribution in [0.5, 0.6) is 5.75 Å². The van der Waals surface area contributed by atoms with E-state index in [0.29, 0.717) is 6.42 Å². The minimum absolute atomic E-state index is 0.111. The van der Waals surface area contributed by atoms with E-state index in [-0.39, 0.29) is 11.8 Å². The fraction of sp³-hybridized carbons (Fsp3) is 0.533. The third-order valence-electron chi connectivity index (χ3n) is 3.10. The Hall–Kier alpha value is -1.55. The predicted molar refractivity (Wildman–Crippen MR) is 77.6 cm³/mol. The van der Waals surface area contributed by atoms with Gasteiger partial charge >= 0.3 is 0 Å². The summed E-state index contributed by atoms with van der Waals surface area (Å²) in [5.41, 5.74) is 1.16. The van der Waals surface area contributed by atoms with E-state index < -0.39 is 0 Å². The van der Waals surface area contributed by atoms with Crippen molar-refractivity contribution in [2.75, 3.05) is 27.2 Å². The molecular formula is C15H24N2O2. The Bertz CT molecular complexity index is 376. The zero-order valence-electron chi connectivity index (χ0n) is 12.0. The molecule has 0 aliphatic heterocycles. The van der Waals surface area contributed by atoms with Gasteiger partial charge in [0.1, 0.15) is 5.75 Å². The first-order chi connectivity index (χ1) is 9.17. The van der Waals surface area contributed by atoms with Crippen molar-refractivity contribution in [2.24, 2.45) is 0 Å². The molecule has 0 radical (unpaired) electrons. The Morgan fingerprint density at radius 2 is 1.95 bits per heavy atom. The number of methoxy groups -OCH3 is 1. The fourth-order valence-corrected chi connectivity index (χ4v) is 1.89. The van der Waals surface area contributed by atoms with Gasteiger partial charge in [-0.2, -0.15) is 0 Å². The van der Waals surface area contributed by atoms with E-state index >= 15 is 0 Å². The summed E-state index contributed by atoms with van der Waals surface area (Å²) >= 11 is 0. The van der Waals surface area contributed by atoms with Gasteiger partial charge in [0.2, 0.25) is 5.91 Å². The van der Waals surface area contributed by atoms with Crippen LogP contribution in [0, 0.1) is 0 Å². The highest BCUT2D eigenvalue weighted by Crippen LogP contribution is 2.21. The number of ether oxygens (including phenoxy) is 1. The number of rotatable bonds is 8. The standard InChI is InChI=1S/C15H24N2O2/c1-12(11-15(18)17-10-4-9-16-2)13-5-7-14(19-3)8-6-13/h5-8,12,16H,4,9-11H2,1-3H3,(H,17,18). The highest BCUT2D eigenvalue weighted by molar-refractivity contribution is 5.76. The van der Waals surface area contributed by atoms with Gasteiger partial charge in [0.25, 0.3) is 0 Å². The van der Waals surface area contributed by atoms with Crippen LogP contribution in [0.15, 0.2) is 24.3 Å². The first-order valence-electron chi connectivity index (χ1n) is 6.72. The largest absolute Gasteiger partial charge is 0.497 e. The summed E-state index contributed by atoms with van der Waals surface area (Å²) in [6.07, 6.45) is 1.48. The molecule has 0 fully saturated rings. The van der Waals surface area contributed by atoms with Gasteiger partial charge in [-0.25, -0.2) is 0 Å². The van der Waals surface area contributed by atoms with Gasteiger partial charge in [-0.1, -0.05) is 19.1 Å². The van der Waals surface area contributed by atoms with Crippen LogP contribution in [0.25, 0.3) is 0 Å². The molecule has 0 heterocycles. The van der Waals surface area contributed by atoms with E-state index in [1.807, 2.05) is 31.3 Å². The zero-order valence-corrected chi connectivity index (χ0v) is 12.0. The third-order valence-corrected chi connectivity index (χ3v) is 3.10. The highest BCUT2D eigenvalue weighted by Gasteiger charge is 2.10. The first-order valence-corrected chi connectivity index (χ1v) is 6.72. The maximum Gasteiger partial charge on any atom is 0.220 e. The quantitative estimate of drug-likeness (QED) is 0.705. The number of hydrogen-bond acceptors (Lipinski definition) is 3. The molecule has 0 saturated carbocycles. The van der Waals surface area contributed by atoms with Gasteiger partial charge in [0.15, 0.2) is 0 Å². The van der Waals surface area contributed by atoms with E-state index in [4.69, 9.17) is 4.74 Å². The second-order valence-electron chi connectivity index (χ2n) is 4.69. The van der Waals surface area contributed by atoms with Gasteiger partial charge in [0, 0.05) is 13.0 Å². The van der Waals surface area contributed by atoms with Gasteiger partial charge < -0.3 is 15.4 Å². The molecule has 0 aliphatic carbocycles. The maximum absolute atomic E-state index is 11.8. The molecule has 2 N–H and O–H groups in total. The van der Waals surface area contributed by atoms with Crippen LogP contribution < -0.4 is 15.4 Å². The van der Waals surface area contributed by atoms with Crippen molar-refractivity contribution in [3.63, 3.8) is 0 Å². The Kier molecular flexibility index (Phi) is 6.97. The lowest BCUT2D eigenvalue weighted by atomic mass is 9.97. The first kappa shape index (κ1) is 15.5. The number of hydrogen-bond donors (Lipinski definition) is 2. The second-order valence-corrected chi connectivity index (χ2v) is 4.69. The van der Waals surface area contributed by atoms with Crippen LogP contribution in [-0.4, -0.2) is 33.2 Å². The maximum atomic E-state index is 11.8. The normalized spacial score (nSPS) is 11.9. The minimum Gasteiger partial charge on any atom is -0.497 e. The molecular weight excluding hydrogens is 240 g/mol. The summed E-state index contributed by atoms with van der Waals surface area (Å²) in [7, 11) is 3.56. The van der Waals surface area contributed by atoms with Crippen molar-refractivity contribution >= 4 is 5.91 Å². The van der Waals surface area contributed by atoms with E-state index in [0.717, 1.165) is 30.8 Å². The SMILES string of the molecule is CNCCCNC(=O)CC(C)c1ccc(OC)cc1. The number of carbonyl (C=O) groups excluding carboxylic acids is 1. The lowest BCUT2D eigenvalue weighted by Gasteiger charge is -2.12. The minimum atomic E-state index is 0.111. The summed E-state index contributed by atoms with van der Waals surface area (Å²) < 4.78 is 5.12. The molecule has 4 heteroatoms. The van der Waals surface area contributed by atoms with Crippen LogP contribution in [0.2, 0.25) is 0 Å². The van der Waals surface area contributed by atoms with Gasteiger partial charge in [-0.05, 0) is 43.6 Å². The third kappa shape index (κ3) is 5.75. The van der Waals surface area contributed by atoms with Crippen LogP contribution in [0.1, 0.15) is 31.2 Å². The topological polar surface area (TPSA) is 50.4 Å². The van der Waals surface area contributed by atoms with Crippen molar-refractivity contribution in [2.45, 2.75) is 25.7 Å². The van der Waals surface area contributed by atoms with E-state index in [2.05, 4.69) is 17.6 Å². The molecule has 1 atom stereocenters. The Balaban J connectivity index is 2.36. The summed E-state index contributed by atoms with van der Waals surface area (Å²) in [4.78, 5) is 11.8. The molecule has 1 unspecified atom stereocenters. The van der Waals surface area contributed by atoms with E-state index in [1.54, 1.807) is 7.11 Å². The number of carbonyl (C=O) groups is 1. The average molecular weight is 264 g/mol. The van der Waals surface area contributed by atoms with Crippen molar-refractivity contribution in [3.8, 4) is 5.75 Å². The highest BCUT2D eigenvalue weighted by atomic mass is 16.5. The smallest absolute Gasteiger partial charge is 0.220 e. The van der Waals surface area contributed by atoms with Gasteiger partial charge in [-0.3, -0.25) is 4.79 Å².